The third-order valence-corrected chi connectivity index (χ3v) is 4.03. The van der Waals surface area contributed by atoms with Gasteiger partial charge in [-0.05, 0) is 36.4 Å². The minimum absolute atomic E-state index is 0.162. The predicted octanol–water partition coefficient (Wildman–Crippen LogP) is 4.66. The van der Waals surface area contributed by atoms with Crippen LogP contribution in [0, 0.1) is 11.3 Å². The van der Waals surface area contributed by atoms with Crippen molar-refractivity contribution >= 4 is 38.5 Å². The van der Waals surface area contributed by atoms with E-state index in [1.807, 2.05) is 18.2 Å². The van der Waals surface area contributed by atoms with Crippen LogP contribution in [0.2, 0.25) is 5.02 Å². The topological polar surface area (TPSA) is 63.2 Å². The lowest BCUT2D eigenvalue weighted by Gasteiger charge is -2.10. The van der Waals surface area contributed by atoms with Gasteiger partial charge in [0.05, 0.1) is 16.7 Å². The van der Waals surface area contributed by atoms with Crippen LogP contribution in [-0.4, -0.2) is 0 Å². The molecule has 2 aromatic carbocycles. The van der Waals surface area contributed by atoms with Crippen LogP contribution in [-0.2, 0) is 6.61 Å². The number of halogens is 2. The van der Waals surface area contributed by atoms with Crippen molar-refractivity contribution in [3.05, 3.63) is 73.5 Å². The van der Waals surface area contributed by atoms with E-state index in [0.29, 0.717) is 27.5 Å². The van der Waals surface area contributed by atoms with Crippen LogP contribution in [0.4, 0.5) is 0 Å². The molecule has 0 saturated carbocycles. The molecule has 23 heavy (non-hydrogen) atoms. The molecular weight excluding hydrogens is 382 g/mol. The zero-order chi connectivity index (χ0) is 16.4. The maximum Gasteiger partial charge on any atom is 0.336 e. The lowest BCUT2D eigenvalue weighted by atomic mass is 10.1. The van der Waals surface area contributed by atoms with Crippen molar-refractivity contribution < 1.29 is 9.15 Å². The maximum absolute atomic E-state index is 11.7. The quantitative estimate of drug-likeness (QED) is 0.610. The van der Waals surface area contributed by atoms with E-state index in [-0.39, 0.29) is 6.61 Å². The van der Waals surface area contributed by atoms with Gasteiger partial charge < -0.3 is 9.15 Å². The van der Waals surface area contributed by atoms with Gasteiger partial charge in [-0.25, -0.2) is 4.79 Å². The van der Waals surface area contributed by atoms with E-state index in [1.165, 1.54) is 12.1 Å². The average Bonchev–Trinajstić information content (AvgIpc) is 2.52. The predicted molar refractivity (Wildman–Crippen MR) is 90.7 cm³/mol. The van der Waals surface area contributed by atoms with E-state index in [2.05, 4.69) is 15.9 Å². The molecule has 4 nitrogen and oxygen atoms in total. The number of hydrogen-bond acceptors (Lipinski definition) is 4. The Labute approximate surface area is 145 Å². The van der Waals surface area contributed by atoms with Gasteiger partial charge in [-0.2, -0.15) is 5.26 Å². The number of rotatable bonds is 3. The standard InChI is InChI=1S/C17H9BrClNO3/c18-12-2-3-13-11(6-17(21)23-16(13)7-12)9-22-15-4-1-10(8-20)5-14(15)19/h1-7H,9H2. The van der Waals surface area contributed by atoms with Crippen molar-refractivity contribution in [2.24, 2.45) is 0 Å². The van der Waals surface area contributed by atoms with Gasteiger partial charge in [-0.1, -0.05) is 27.5 Å². The van der Waals surface area contributed by atoms with Crippen molar-refractivity contribution in [2.45, 2.75) is 6.61 Å². The first-order valence-electron chi connectivity index (χ1n) is 6.61. The molecule has 0 bridgehead atoms. The molecule has 0 aliphatic heterocycles. The summed E-state index contributed by atoms with van der Waals surface area (Å²) in [5.41, 5.74) is 1.19. The molecule has 1 aromatic heterocycles. The maximum atomic E-state index is 11.7. The fourth-order valence-corrected chi connectivity index (χ4v) is 2.74. The molecule has 6 heteroatoms. The Bertz CT molecular complexity index is 991. The van der Waals surface area contributed by atoms with Gasteiger partial charge in [0.15, 0.2) is 0 Å². The first-order valence-corrected chi connectivity index (χ1v) is 7.78. The molecule has 0 radical (unpaired) electrons. The lowest BCUT2D eigenvalue weighted by Crippen LogP contribution is -2.04. The molecule has 114 valence electrons. The molecule has 3 aromatic rings. The summed E-state index contributed by atoms with van der Waals surface area (Å²) in [6.07, 6.45) is 0. The van der Waals surface area contributed by atoms with E-state index >= 15 is 0 Å². The Hall–Kier alpha value is -2.29. The van der Waals surface area contributed by atoms with Crippen LogP contribution in [0.5, 0.6) is 5.75 Å². The van der Waals surface area contributed by atoms with Gasteiger partial charge in [0.2, 0.25) is 0 Å². The molecule has 1 heterocycles. The zero-order valence-corrected chi connectivity index (χ0v) is 14.0. The Morgan fingerprint density at radius 1 is 1.22 bits per heavy atom. The summed E-state index contributed by atoms with van der Waals surface area (Å²) in [6, 6.07) is 13.6. The highest BCUT2D eigenvalue weighted by Gasteiger charge is 2.09. The molecule has 0 unspecified atom stereocenters. The molecule has 0 spiro atoms. The van der Waals surface area contributed by atoms with Crippen LogP contribution in [0.3, 0.4) is 0 Å². The number of benzene rings is 2. The summed E-state index contributed by atoms with van der Waals surface area (Å²) in [6.45, 7) is 0.162. The largest absolute Gasteiger partial charge is 0.487 e. The molecule has 0 atom stereocenters. The van der Waals surface area contributed by atoms with Crippen molar-refractivity contribution in [1.29, 1.82) is 5.26 Å². The van der Waals surface area contributed by atoms with Gasteiger partial charge in [-0.3, -0.25) is 0 Å². The van der Waals surface area contributed by atoms with E-state index in [0.717, 1.165) is 9.86 Å². The van der Waals surface area contributed by atoms with Gasteiger partial charge in [-0.15, -0.1) is 0 Å². The fraction of sp³-hybridized carbons (Fsp3) is 0.0588. The summed E-state index contributed by atoms with van der Waals surface area (Å²) in [5, 5.41) is 9.97. The SMILES string of the molecule is N#Cc1ccc(OCc2cc(=O)oc3cc(Br)ccc23)c(Cl)c1. The number of hydrogen-bond donors (Lipinski definition) is 0. The summed E-state index contributed by atoms with van der Waals surface area (Å²) < 4.78 is 11.7. The summed E-state index contributed by atoms with van der Waals surface area (Å²) in [5.74, 6) is 0.448. The monoisotopic (exact) mass is 389 g/mol. The highest BCUT2D eigenvalue weighted by Crippen LogP contribution is 2.27. The zero-order valence-electron chi connectivity index (χ0n) is 11.7. The van der Waals surface area contributed by atoms with Crippen molar-refractivity contribution in [2.75, 3.05) is 0 Å². The van der Waals surface area contributed by atoms with Crippen LogP contribution in [0.25, 0.3) is 11.0 Å². The summed E-state index contributed by atoms with van der Waals surface area (Å²) in [4.78, 5) is 11.7. The van der Waals surface area contributed by atoms with E-state index < -0.39 is 5.63 Å². The van der Waals surface area contributed by atoms with Crippen LogP contribution in [0.1, 0.15) is 11.1 Å². The molecule has 0 aliphatic rings. The van der Waals surface area contributed by atoms with Crippen LogP contribution >= 0.6 is 27.5 Å². The van der Waals surface area contributed by atoms with E-state index in [1.54, 1.807) is 18.2 Å². The minimum atomic E-state index is -0.444. The van der Waals surface area contributed by atoms with Crippen LogP contribution in [0.15, 0.2) is 56.1 Å². The molecule has 0 saturated heterocycles. The minimum Gasteiger partial charge on any atom is -0.487 e. The van der Waals surface area contributed by atoms with Crippen LogP contribution < -0.4 is 10.4 Å². The van der Waals surface area contributed by atoms with Crippen molar-refractivity contribution in [3.8, 4) is 11.8 Å². The molecule has 0 fully saturated rings. The normalized spacial score (nSPS) is 10.5. The highest BCUT2D eigenvalue weighted by molar-refractivity contribution is 9.10. The second kappa shape index (κ2) is 6.45. The molecule has 0 aliphatic carbocycles. The first-order chi connectivity index (χ1) is 11.1. The third kappa shape index (κ3) is 3.39. The molecule has 0 N–H and O–H groups in total. The molecular formula is C17H9BrClNO3. The van der Waals surface area contributed by atoms with E-state index in [9.17, 15) is 4.79 Å². The number of ether oxygens (including phenoxy) is 1. The number of nitrogens with zero attached hydrogens (tertiary/aromatic N) is 1. The van der Waals surface area contributed by atoms with Gasteiger partial charge in [0.1, 0.15) is 17.9 Å². The smallest absolute Gasteiger partial charge is 0.336 e. The fourth-order valence-electron chi connectivity index (χ4n) is 2.17. The van der Waals surface area contributed by atoms with E-state index in [4.69, 9.17) is 26.0 Å². The van der Waals surface area contributed by atoms with Gasteiger partial charge >= 0.3 is 5.63 Å². The Morgan fingerprint density at radius 2 is 2.04 bits per heavy atom. The highest BCUT2D eigenvalue weighted by atomic mass is 79.9. The first kappa shape index (κ1) is 15.6. The Morgan fingerprint density at radius 3 is 2.78 bits per heavy atom. The van der Waals surface area contributed by atoms with Gasteiger partial charge in [0.25, 0.3) is 0 Å². The van der Waals surface area contributed by atoms with Gasteiger partial charge in [0, 0.05) is 21.5 Å². The van der Waals surface area contributed by atoms with Crippen molar-refractivity contribution in [3.63, 3.8) is 0 Å². The lowest BCUT2D eigenvalue weighted by molar-refractivity contribution is 0.307. The third-order valence-electron chi connectivity index (χ3n) is 3.24. The van der Waals surface area contributed by atoms with Crippen molar-refractivity contribution in [1.82, 2.24) is 0 Å². The summed E-state index contributed by atoms with van der Waals surface area (Å²) >= 11 is 9.43. The molecule has 3 rings (SSSR count). The molecule has 0 amide bonds. The number of fused-ring (bicyclic) bond motifs is 1. The number of nitriles is 1. The Kier molecular flexibility index (Phi) is 4.37. The summed E-state index contributed by atoms with van der Waals surface area (Å²) in [7, 11) is 0. The Balaban J connectivity index is 1.93. The average molecular weight is 391 g/mol. The second-order valence-electron chi connectivity index (χ2n) is 4.78. The second-order valence-corrected chi connectivity index (χ2v) is 6.10.